The van der Waals surface area contributed by atoms with Gasteiger partial charge in [0.05, 0.1) is 5.41 Å². The summed E-state index contributed by atoms with van der Waals surface area (Å²) in [6.07, 6.45) is 5.48. The average Bonchev–Trinajstić information content (AvgIpc) is 2.86. The Labute approximate surface area is 140 Å². The number of nitrogens with zero attached hydrogens (tertiary/aromatic N) is 3. The molecule has 2 aromatic heterocycles. The van der Waals surface area contributed by atoms with E-state index in [1.807, 2.05) is 36.7 Å². The molecule has 1 aliphatic rings. The van der Waals surface area contributed by atoms with Gasteiger partial charge in [-0.3, -0.25) is 4.99 Å². The summed E-state index contributed by atoms with van der Waals surface area (Å²) < 4.78 is 0. The lowest BCUT2D eigenvalue weighted by Gasteiger charge is -2.32. The molecular weight excluding hydrogens is 317 g/mol. The predicted molar refractivity (Wildman–Crippen MR) is 91.1 cm³/mol. The van der Waals surface area contributed by atoms with Crippen LogP contribution in [0.15, 0.2) is 41.7 Å². The molecule has 0 spiro atoms. The molecule has 0 saturated heterocycles. The summed E-state index contributed by atoms with van der Waals surface area (Å²) in [5, 5.41) is 0.989. The second kappa shape index (κ2) is 5.98. The molecule has 2 aromatic rings. The monoisotopic (exact) mass is 333 g/mol. The van der Waals surface area contributed by atoms with E-state index in [9.17, 15) is 0 Å². The molecule has 3 heterocycles. The van der Waals surface area contributed by atoms with Crippen LogP contribution in [0.4, 0.5) is 0 Å². The van der Waals surface area contributed by atoms with Crippen molar-refractivity contribution in [2.45, 2.75) is 38.1 Å². The lowest BCUT2D eigenvalue weighted by atomic mass is 9.69. The van der Waals surface area contributed by atoms with Crippen LogP contribution in [0.25, 0.3) is 0 Å². The average molecular weight is 334 g/mol. The molecule has 0 fully saturated rings. The highest BCUT2D eigenvalue weighted by Gasteiger charge is 2.44. The van der Waals surface area contributed by atoms with Crippen molar-refractivity contribution in [1.82, 2.24) is 9.97 Å². The zero-order valence-corrected chi connectivity index (χ0v) is 14.1. The second-order valence-electron chi connectivity index (χ2n) is 5.63. The maximum absolute atomic E-state index is 5.96. The molecule has 3 rings (SSSR count). The van der Waals surface area contributed by atoms with Gasteiger partial charge < -0.3 is 0 Å². The van der Waals surface area contributed by atoms with Crippen LogP contribution in [0.3, 0.4) is 0 Å². The minimum absolute atomic E-state index is 0.265. The van der Waals surface area contributed by atoms with E-state index in [4.69, 9.17) is 28.2 Å². The second-order valence-corrected chi connectivity index (χ2v) is 6.40. The quantitative estimate of drug-likeness (QED) is 0.762. The van der Waals surface area contributed by atoms with E-state index in [0.717, 1.165) is 29.7 Å². The molecule has 0 unspecified atom stereocenters. The van der Waals surface area contributed by atoms with Gasteiger partial charge in [-0.2, -0.15) is 0 Å². The molecule has 1 atom stereocenters. The molecule has 114 valence electrons. The van der Waals surface area contributed by atoms with Crippen molar-refractivity contribution in [1.29, 1.82) is 0 Å². The summed E-state index contributed by atoms with van der Waals surface area (Å²) >= 11 is 11.9. The van der Waals surface area contributed by atoms with Gasteiger partial charge in [-0.25, -0.2) is 9.97 Å². The first kappa shape index (κ1) is 15.4. The van der Waals surface area contributed by atoms with E-state index in [-0.39, 0.29) is 11.5 Å². The Kier molecular flexibility index (Phi) is 4.20. The number of hydrogen-bond donors (Lipinski definition) is 0. The molecule has 0 N–H and O–H groups in total. The van der Waals surface area contributed by atoms with E-state index >= 15 is 0 Å². The van der Waals surface area contributed by atoms with E-state index in [0.29, 0.717) is 10.3 Å². The Morgan fingerprint density at radius 2 is 1.59 bits per heavy atom. The Balaban J connectivity index is 2.21. The largest absolute Gasteiger partial charge is 0.290 e. The summed E-state index contributed by atoms with van der Waals surface area (Å²) in [6.45, 7) is 4.28. The Hall–Kier alpha value is -1.45. The van der Waals surface area contributed by atoms with Crippen LogP contribution in [0.2, 0.25) is 10.3 Å². The Bertz CT molecular complexity index is 647. The zero-order chi connectivity index (χ0) is 15.7. The molecule has 0 aromatic carbocycles. The molecule has 0 amide bonds. The smallest absolute Gasteiger partial charge is 0.129 e. The van der Waals surface area contributed by atoms with E-state index in [1.165, 1.54) is 0 Å². The molecule has 1 aliphatic heterocycles. The van der Waals surface area contributed by atoms with E-state index < -0.39 is 0 Å². The van der Waals surface area contributed by atoms with Crippen LogP contribution < -0.4 is 0 Å². The topological polar surface area (TPSA) is 38.1 Å². The van der Waals surface area contributed by atoms with Gasteiger partial charge >= 0.3 is 0 Å². The van der Waals surface area contributed by atoms with Crippen LogP contribution >= 0.6 is 23.2 Å². The van der Waals surface area contributed by atoms with E-state index in [1.54, 1.807) is 0 Å². The first-order valence-corrected chi connectivity index (χ1v) is 8.13. The molecule has 0 saturated carbocycles. The number of aromatic nitrogens is 2. The van der Waals surface area contributed by atoms with Crippen molar-refractivity contribution in [3.8, 4) is 0 Å². The fraction of sp³-hybridized carbons (Fsp3) is 0.353. The lowest BCUT2D eigenvalue weighted by Crippen LogP contribution is -2.34. The normalized spacial score (nSPS) is 20.0. The van der Waals surface area contributed by atoms with Crippen molar-refractivity contribution in [3.05, 3.63) is 58.1 Å². The van der Waals surface area contributed by atoms with Crippen molar-refractivity contribution in [2.75, 3.05) is 0 Å². The van der Waals surface area contributed by atoms with Crippen LogP contribution in [0.1, 0.15) is 37.8 Å². The molecule has 0 bridgehead atoms. The van der Waals surface area contributed by atoms with Gasteiger partial charge in [-0.15, -0.1) is 0 Å². The van der Waals surface area contributed by atoms with Crippen LogP contribution in [0.5, 0.6) is 0 Å². The molecule has 3 nitrogen and oxygen atoms in total. The van der Waals surface area contributed by atoms with Gasteiger partial charge in [0, 0.05) is 24.1 Å². The number of hydrogen-bond acceptors (Lipinski definition) is 3. The van der Waals surface area contributed by atoms with Gasteiger partial charge in [-0.05, 0) is 43.0 Å². The lowest BCUT2D eigenvalue weighted by molar-refractivity contribution is 0.588. The summed E-state index contributed by atoms with van der Waals surface area (Å²) in [7, 11) is 0. The number of pyridine rings is 2. The first-order chi connectivity index (χ1) is 10.6. The highest BCUT2D eigenvalue weighted by molar-refractivity contribution is 6.29. The Morgan fingerprint density at radius 3 is 2.00 bits per heavy atom. The van der Waals surface area contributed by atoms with Crippen LogP contribution in [0, 0.1) is 0 Å². The fourth-order valence-electron chi connectivity index (χ4n) is 3.37. The predicted octanol–water partition coefficient (Wildman–Crippen LogP) is 4.71. The third-order valence-electron chi connectivity index (χ3n) is 4.25. The number of aliphatic imine (C=N–C) groups is 1. The fourth-order valence-corrected chi connectivity index (χ4v) is 3.59. The molecule has 0 aliphatic carbocycles. The minimum Gasteiger partial charge on any atom is -0.290 e. The molecule has 5 heteroatoms. The van der Waals surface area contributed by atoms with Gasteiger partial charge in [0.2, 0.25) is 0 Å². The van der Waals surface area contributed by atoms with Crippen molar-refractivity contribution >= 4 is 28.9 Å². The third-order valence-corrected chi connectivity index (χ3v) is 4.69. The van der Waals surface area contributed by atoms with E-state index in [2.05, 4.69) is 23.8 Å². The summed E-state index contributed by atoms with van der Waals surface area (Å²) in [6, 6.07) is 8.00. The van der Waals surface area contributed by atoms with Gasteiger partial charge in [-0.1, -0.05) is 42.3 Å². The molecular formula is C17H17Cl2N3. The zero-order valence-electron chi connectivity index (χ0n) is 12.6. The first-order valence-electron chi connectivity index (χ1n) is 7.37. The third kappa shape index (κ3) is 2.53. The maximum atomic E-state index is 5.96. The minimum atomic E-state index is -0.288. The molecule has 0 radical (unpaired) electrons. The highest BCUT2D eigenvalue weighted by atomic mass is 35.5. The maximum Gasteiger partial charge on any atom is 0.129 e. The number of halogens is 2. The van der Waals surface area contributed by atoms with Crippen LogP contribution in [-0.2, 0) is 5.41 Å². The van der Waals surface area contributed by atoms with Crippen molar-refractivity contribution in [3.63, 3.8) is 0 Å². The standard InChI is InChI=1S/C17H17Cl2N3/c1-3-14-17(8-11(2)22-14,12-4-6-15(18)20-9-12)13-5-7-16(19)21-10-13/h4-7,9-11H,3,8H2,1-2H3/t11-/m0/s1. The summed E-state index contributed by atoms with van der Waals surface area (Å²) in [5.74, 6) is 0. The van der Waals surface area contributed by atoms with Gasteiger partial charge in [0.1, 0.15) is 10.3 Å². The van der Waals surface area contributed by atoms with Crippen LogP contribution in [-0.4, -0.2) is 21.7 Å². The van der Waals surface area contributed by atoms with Crippen molar-refractivity contribution in [2.24, 2.45) is 4.99 Å². The number of rotatable bonds is 3. The Morgan fingerprint density at radius 1 is 1.05 bits per heavy atom. The molecule has 22 heavy (non-hydrogen) atoms. The SMILES string of the molecule is CCC1=N[C@@H](C)CC1(c1ccc(Cl)nc1)c1ccc(Cl)nc1. The highest BCUT2D eigenvalue weighted by Crippen LogP contribution is 2.43. The van der Waals surface area contributed by atoms with Crippen molar-refractivity contribution < 1.29 is 0 Å². The summed E-state index contributed by atoms with van der Waals surface area (Å²) in [5.41, 5.74) is 3.08. The van der Waals surface area contributed by atoms with Gasteiger partial charge in [0.25, 0.3) is 0 Å². The summed E-state index contributed by atoms with van der Waals surface area (Å²) in [4.78, 5) is 13.4. The van der Waals surface area contributed by atoms with Gasteiger partial charge in [0.15, 0.2) is 0 Å².